The van der Waals surface area contributed by atoms with Gasteiger partial charge in [0.15, 0.2) is 0 Å². The highest BCUT2D eigenvalue weighted by molar-refractivity contribution is 5.80. The molecular weight excluding hydrogens is 218 g/mol. The lowest BCUT2D eigenvalue weighted by Crippen LogP contribution is -2.36. The Hall–Kier alpha value is -0.900. The van der Waals surface area contributed by atoms with Crippen LogP contribution in [0, 0.1) is 5.92 Å². The number of rotatable bonds is 8. The number of hydrogen-bond acceptors (Lipinski definition) is 3. The lowest BCUT2D eigenvalue weighted by molar-refractivity contribution is -0.131. The topological polar surface area (TPSA) is 57.6 Å². The van der Waals surface area contributed by atoms with Crippen LogP contribution in [0.5, 0.6) is 0 Å². The molecule has 0 bridgehead atoms. The Morgan fingerprint density at radius 2 is 1.82 bits per heavy atom. The average Bonchev–Trinajstić information content (AvgIpc) is 2.28. The van der Waals surface area contributed by atoms with E-state index in [0.29, 0.717) is 32.2 Å². The Balaban J connectivity index is 3.86. The molecule has 0 spiro atoms. The SMILES string of the molecule is CCC(=O)CCCC(=O)N(C)CC(O)C(C)C. The molecule has 0 radical (unpaired) electrons. The number of nitrogens with zero attached hydrogens (tertiary/aromatic N) is 1. The fraction of sp³-hybridized carbons (Fsp3) is 0.846. The highest BCUT2D eigenvalue weighted by atomic mass is 16.3. The molecule has 0 heterocycles. The van der Waals surface area contributed by atoms with Crippen molar-refractivity contribution in [2.45, 2.75) is 52.6 Å². The number of likely N-dealkylation sites (N-methyl/N-ethyl adjacent to an activating group) is 1. The van der Waals surface area contributed by atoms with E-state index < -0.39 is 6.10 Å². The van der Waals surface area contributed by atoms with E-state index in [0.717, 1.165) is 0 Å². The van der Waals surface area contributed by atoms with E-state index in [4.69, 9.17) is 0 Å². The van der Waals surface area contributed by atoms with Crippen molar-refractivity contribution in [2.24, 2.45) is 5.92 Å². The van der Waals surface area contributed by atoms with Crippen LogP contribution in [0.2, 0.25) is 0 Å². The Kier molecular flexibility index (Phi) is 7.79. The zero-order valence-corrected chi connectivity index (χ0v) is 11.4. The first kappa shape index (κ1) is 16.1. The van der Waals surface area contributed by atoms with Crippen LogP contribution in [0.3, 0.4) is 0 Å². The second kappa shape index (κ2) is 8.23. The van der Waals surface area contributed by atoms with Gasteiger partial charge in [0.1, 0.15) is 5.78 Å². The van der Waals surface area contributed by atoms with Gasteiger partial charge in [-0.25, -0.2) is 0 Å². The first-order valence-electron chi connectivity index (χ1n) is 6.32. The lowest BCUT2D eigenvalue weighted by atomic mass is 10.1. The quantitative estimate of drug-likeness (QED) is 0.704. The summed E-state index contributed by atoms with van der Waals surface area (Å²) in [5.41, 5.74) is 0. The summed E-state index contributed by atoms with van der Waals surface area (Å²) in [6.07, 6.45) is 1.51. The summed E-state index contributed by atoms with van der Waals surface area (Å²) in [4.78, 5) is 24.3. The van der Waals surface area contributed by atoms with E-state index in [9.17, 15) is 14.7 Å². The van der Waals surface area contributed by atoms with Gasteiger partial charge in [-0.1, -0.05) is 20.8 Å². The standard InChI is InChI=1S/C13H25NO3/c1-5-11(15)7-6-8-13(17)14(4)9-12(16)10(2)3/h10,12,16H,5-9H2,1-4H3. The van der Waals surface area contributed by atoms with Crippen LogP contribution in [0.4, 0.5) is 0 Å². The van der Waals surface area contributed by atoms with Gasteiger partial charge >= 0.3 is 0 Å². The van der Waals surface area contributed by atoms with Gasteiger partial charge in [-0.15, -0.1) is 0 Å². The number of carbonyl (C=O) groups is 2. The second-order valence-corrected chi connectivity index (χ2v) is 4.83. The summed E-state index contributed by atoms with van der Waals surface area (Å²) in [5, 5.41) is 9.65. The summed E-state index contributed by atoms with van der Waals surface area (Å²) in [6.45, 7) is 6.03. The minimum atomic E-state index is -0.485. The van der Waals surface area contributed by atoms with Crippen molar-refractivity contribution in [1.82, 2.24) is 4.90 Å². The third-order valence-corrected chi connectivity index (χ3v) is 2.90. The lowest BCUT2D eigenvalue weighted by Gasteiger charge is -2.23. The molecule has 17 heavy (non-hydrogen) atoms. The maximum atomic E-state index is 11.7. The summed E-state index contributed by atoms with van der Waals surface area (Å²) < 4.78 is 0. The minimum Gasteiger partial charge on any atom is -0.391 e. The van der Waals surface area contributed by atoms with E-state index in [1.165, 1.54) is 0 Å². The number of aliphatic hydroxyl groups is 1. The molecule has 1 unspecified atom stereocenters. The molecule has 0 aliphatic heterocycles. The first-order chi connectivity index (χ1) is 7.88. The van der Waals surface area contributed by atoms with Crippen LogP contribution in [0.25, 0.3) is 0 Å². The van der Waals surface area contributed by atoms with Crippen LogP contribution in [-0.2, 0) is 9.59 Å². The first-order valence-corrected chi connectivity index (χ1v) is 6.32. The van der Waals surface area contributed by atoms with Gasteiger partial charge in [-0.3, -0.25) is 9.59 Å². The predicted octanol–water partition coefficient (Wildman–Crippen LogP) is 1.61. The number of Topliss-reactive ketones (excluding diaryl/α,β-unsaturated/α-hetero) is 1. The van der Waals surface area contributed by atoms with E-state index in [-0.39, 0.29) is 17.6 Å². The third kappa shape index (κ3) is 7.10. The zero-order chi connectivity index (χ0) is 13.4. The van der Waals surface area contributed by atoms with Crippen LogP contribution in [0.1, 0.15) is 46.5 Å². The molecule has 0 saturated carbocycles. The molecule has 4 heteroatoms. The van der Waals surface area contributed by atoms with Crippen molar-refractivity contribution in [2.75, 3.05) is 13.6 Å². The van der Waals surface area contributed by atoms with Gasteiger partial charge in [0.05, 0.1) is 6.10 Å². The van der Waals surface area contributed by atoms with Gasteiger partial charge in [-0.2, -0.15) is 0 Å². The summed E-state index contributed by atoms with van der Waals surface area (Å²) in [6, 6.07) is 0. The van der Waals surface area contributed by atoms with Gasteiger partial charge in [0.2, 0.25) is 5.91 Å². The highest BCUT2D eigenvalue weighted by Crippen LogP contribution is 2.06. The molecule has 0 saturated heterocycles. The highest BCUT2D eigenvalue weighted by Gasteiger charge is 2.16. The number of hydrogen-bond donors (Lipinski definition) is 1. The van der Waals surface area contributed by atoms with Gasteiger partial charge in [0.25, 0.3) is 0 Å². The van der Waals surface area contributed by atoms with Crippen molar-refractivity contribution in [1.29, 1.82) is 0 Å². The maximum absolute atomic E-state index is 11.7. The van der Waals surface area contributed by atoms with Gasteiger partial charge < -0.3 is 10.0 Å². The molecule has 0 aliphatic rings. The van der Waals surface area contributed by atoms with Crippen molar-refractivity contribution < 1.29 is 14.7 Å². The number of carbonyl (C=O) groups excluding carboxylic acids is 2. The summed E-state index contributed by atoms with van der Waals surface area (Å²) in [7, 11) is 1.69. The molecule has 1 atom stereocenters. The summed E-state index contributed by atoms with van der Waals surface area (Å²) >= 11 is 0. The minimum absolute atomic E-state index is 0.00592. The predicted molar refractivity (Wildman–Crippen MR) is 67.6 cm³/mol. The van der Waals surface area contributed by atoms with E-state index >= 15 is 0 Å². The second-order valence-electron chi connectivity index (χ2n) is 4.83. The molecule has 0 aromatic carbocycles. The summed E-state index contributed by atoms with van der Waals surface area (Å²) in [5.74, 6) is 0.336. The van der Waals surface area contributed by atoms with Gasteiger partial charge in [-0.05, 0) is 12.3 Å². The van der Waals surface area contributed by atoms with Crippen molar-refractivity contribution in [3.8, 4) is 0 Å². The average molecular weight is 243 g/mol. The largest absolute Gasteiger partial charge is 0.391 e. The molecule has 1 amide bonds. The normalized spacial score (nSPS) is 12.6. The van der Waals surface area contributed by atoms with Crippen LogP contribution < -0.4 is 0 Å². The Bertz CT molecular complexity index is 251. The number of amides is 1. The van der Waals surface area contributed by atoms with Crippen molar-refractivity contribution >= 4 is 11.7 Å². The fourth-order valence-corrected chi connectivity index (χ4v) is 1.40. The van der Waals surface area contributed by atoms with Crippen molar-refractivity contribution in [3.63, 3.8) is 0 Å². The molecule has 0 fully saturated rings. The molecule has 4 nitrogen and oxygen atoms in total. The Labute approximate surface area is 104 Å². The van der Waals surface area contributed by atoms with Gasteiger partial charge in [0, 0.05) is 32.9 Å². The van der Waals surface area contributed by atoms with E-state index in [1.54, 1.807) is 11.9 Å². The molecule has 0 aliphatic carbocycles. The molecule has 100 valence electrons. The fourth-order valence-electron chi connectivity index (χ4n) is 1.40. The maximum Gasteiger partial charge on any atom is 0.222 e. The van der Waals surface area contributed by atoms with Crippen molar-refractivity contribution in [3.05, 3.63) is 0 Å². The molecule has 0 aromatic heterocycles. The van der Waals surface area contributed by atoms with E-state index in [2.05, 4.69) is 0 Å². The molecule has 1 N–H and O–H groups in total. The Morgan fingerprint density at radius 1 is 1.24 bits per heavy atom. The van der Waals surface area contributed by atoms with Crippen LogP contribution in [-0.4, -0.2) is 41.4 Å². The van der Waals surface area contributed by atoms with E-state index in [1.807, 2.05) is 20.8 Å². The monoisotopic (exact) mass is 243 g/mol. The zero-order valence-electron chi connectivity index (χ0n) is 11.4. The smallest absolute Gasteiger partial charge is 0.222 e. The van der Waals surface area contributed by atoms with Crippen LogP contribution >= 0.6 is 0 Å². The molecule has 0 rings (SSSR count). The Morgan fingerprint density at radius 3 is 2.29 bits per heavy atom. The number of aliphatic hydroxyl groups excluding tert-OH is 1. The molecular formula is C13H25NO3. The third-order valence-electron chi connectivity index (χ3n) is 2.90. The molecule has 0 aromatic rings. The van der Waals surface area contributed by atoms with Crippen LogP contribution in [0.15, 0.2) is 0 Å². The number of ketones is 1.